The average Bonchev–Trinajstić information content (AvgIpc) is 2.29. The first kappa shape index (κ1) is 21.9. The third-order valence-electron chi connectivity index (χ3n) is 5.11. The number of rotatable bonds is 7. The van der Waals surface area contributed by atoms with Gasteiger partial charge in [0.05, 0.1) is 5.92 Å². The monoisotopic (exact) mass is 327 g/mol. The van der Waals surface area contributed by atoms with Gasteiger partial charge >= 0.3 is 5.97 Å². The maximum Gasteiger partial charge on any atom is 0.307 e. The Morgan fingerprint density at radius 1 is 0.957 bits per heavy atom. The van der Waals surface area contributed by atoms with E-state index in [0.29, 0.717) is 12.8 Å². The second kappa shape index (κ2) is 7.23. The summed E-state index contributed by atoms with van der Waals surface area (Å²) in [6.45, 7) is 18.3. The Bertz CT molecular complexity index is 427. The molecule has 0 saturated carbocycles. The SMILES string of the molecule is CC(C(CC(C)(C)C)C(N)=O)C(C)(C)CC(C(=O)O)C(C)(C)C. The van der Waals surface area contributed by atoms with Crippen molar-refractivity contribution in [3.05, 3.63) is 0 Å². The van der Waals surface area contributed by atoms with Gasteiger partial charge in [0.2, 0.25) is 5.91 Å². The maximum atomic E-state index is 12.0. The number of carboxylic acids is 1. The van der Waals surface area contributed by atoms with Crippen molar-refractivity contribution in [1.29, 1.82) is 0 Å². The lowest BCUT2D eigenvalue weighted by atomic mass is 9.62. The van der Waals surface area contributed by atoms with Crippen LogP contribution in [0, 0.1) is 34.0 Å². The van der Waals surface area contributed by atoms with E-state index >= 15 is 0 Å². The van der Waals surface area contributed by atoms with Gasteiger partial charge in [0.1, 0.15) is 0 Å². The molecule has 0 aromatic carbocycles. The van der Waals surface area contributed by atoms with Crippen molar-refractivity contribution in [2.45, 2.75) is 75.2 Å². The Morgan fingerprint density at radius 3 is 1.65 bits per heavy atom. The van der Waals surface area contributed by atoms with E-state index in [9.17, 15) is 14.7 Å². The van der Waals surface area contributed by atoms with Crippen LogP contribution in [-0.4, -0.2) is 17.0 Å². The lowest BCUT2D eigenvalue weighted by Crippen LogP contribution is -2.42. The highest BCUT2D eigenvalue weighted by atomic mass is 16.4. The van der Waals surface area contributed by atoms with E-state index in [0.717, 1.165) is 0 Å². The number of carboxylic acid groups (broad SMARTS) is 1. The van der Waals surface area contributed by atoms with Crippen LogP contribution in [0.25, 0.3) is 0 Å². The van der Waals surface area contributed by atoms with E-state index in [2.05, 4.69) is 34.6 Å². The number of amides is 1. The molecule has 1 amide bonds. The lowest BCUT2D eigenvalue weighted by Gasteiger charge is -2.42. The van der Waals surface area contributed by atoms with E-state index in [1.54, 1.807) is 0 Å². The van der Waals surface area contributed by atoms with Crippen molar-refractivity contribution in [1.82, 2.24) is 0 Å². The maximum absolute atomic E-state index is 12.0. The first-order chi connectivity index (χ1) is 9.99. The normalized spacial score (nSPS) is 17.4. The van der Waals surface area contributed by atoms with Crippen LogP contribution >= 0.6 is 0 Å². The number of carbonyl (C=O) groups excluding carboxylic acids is 1. The minimum absolute atomic E-state index is 0.000261. The standard InChI is InChI=1S/C19H37NO3/c1-12(13(15(20)21)10-17(2,3)4)19(8,9)11-14(16(22)23)18(5,6)7/h12-14H,10-11H2,1-9H3,(H2,20,21)(H,22,23). The molecule has 0 aliphatic carbocycles. The Balaban J connectivity index is 5.44. The predicted molar refractivity (Wildman–Crippen MR) is 94.9 cm³/mol. The Morgan fingerprint density at radius 2 is 1.39 bits per heavy atom. The molecular weight excluding hydrogens is 290 g/mol. The van der Waals surface area contributed by atoms with Gasteiger partial charge in [0.25, 0.3) is 0 Å². The van der Waals surface area contributed by atoms with Gasteiger partial charge in [-0.25, -0.2) is 0 Å². The zero-order valence-electron chi connectivity index (χ0n) is 16.5. The molecule has 0 aromatic heterocycles. The predicted octanol–water partition coefficient (Wildman–Crippen LogP) is 4.32. The third kappa shape index (κ3) is 6.92. The summed E-state index contributed by atoms with van der Waals surface area (Å²) < 4.78 is 0. The lowest BCUT2D eigenvalue weighted by molar-refractivity contribution is -0.147. The fraction of sp³-hybridized carbons (Fsp3) is 0.895. The molecule has 0 bridgehead atoms. The highest BCUT2D eigenvalue weighted by molar-refractivity contribution is 5.77. The molecule has 0 heterocycles. The molecule has 0 radical (unpaired) electrons. The molecule has 0 spiro atoms. The van der Waals surface area contributed by atoms with Crippen LogP contribution in [-0.2, 0) is 9.59 Å². The summed E-state index contributed by atoms with van der Waals surface area (Å²) in [6, 6.07) is 0. The topological polar surface area (TPSA) is 80.4 Å². The van der Waals surface area contributed by atoms with Crippen LogP contribution in [0.15, 0.2) is 0 Å². The fourth-order valence-corrected chi connectivity index (χ4v) is 3.20. The molecule has 0 rings (SSSR count). The van der Waals surface area contributed by atoms with Gasteiger partial charge in [-0.15, -0.1) is 0 Å². The van der Waals surface area contributed by atoms with Gasteiger partial charge in [-0.2, -0.15) is 0 Å². The Kier molecular flexibility index (Phi) is 6.89. The zero-order valence-corrected chi connectivity index (χ0v) is 16.5. The number of primary amides is 1. The van der Waals surface area contributed by atoms with Gasteiger partial charge in [0, 0.05) is 5.92 Å². The van der Waals surface area contributed by atoms with E-state index < -0.39 is 11.9 Å². The molecule has 0 aliphatic rings. The van der Waals surface area contributed by atoms with Crippen molar-refractivity contribution in [3.8, 4) is 0 Å². The van der Waals surface area contributed by atoms with Gasteiger partial charge < -0.3 is 10.8 Å². The van der Waals surface area contributed by atoms with Crippen LogP contribution in [0.2, 0.25) is 0 Å². The summed E-state index contributed by atoms with van der Waals surface area (Å²) in [5.74, 6) is -1.75. The second-order valence-electron chi connectivity index (χ2n) is 10.0. The summed E-state index contributed by atoms with van der Waals surface area (Å²) in [7, 11) is 0. The average molecular weight is 328 g/mol. The number of nitrogens with two attached hydrogens (primary N) is 1. The molecule has 4 heteroatoms. The number of hydrogen-bond acceptors (Lipinski definition) is 2. The molecule has 0 fully saturated rings. The number of aliphatic carboxylic acids is 1. The largest absolute Gasteiger partial charge is 0.481 e. The summed E-state index contributed by atoms with van der Waals surface area (Å²) in [5.41, 5.74) is 5.05. The number of carbonyl (C=O) groups is 2. The van der Waals surface area contributed by atoms with Gasteiger partial charge in [-0.3, -0.25) is 9.59 Å². The Hall–Kier alpha value is -1.06. The smallest absolute Gasteiger partial charge is 0.307 e. The Labute approximate surface area is 142 Å². The first-order valence-electron chi connectivity index (χ1n) is 8.51. The highest BCUT2D eigenvalue weighted by Gasteiger charge is 2.42. The van der Waals surface area contributed by atoms with E-state index in [-0.39, 0.29) is 34.0 Å². The summed E-state index contributed by atoms with van der Waals surface area (Å²) in [4.78, 5) is 23.7. The van der Waals surface area contributed by atoms with E-state index in [1.807, 2.05) is 27.7 Å². The van der Waals surface area contributed by atoms with Crippen molar-refractivity contribution in [2.75, 3.05) is 0 Å². The summed E-state index contributed by atoms with van der Waals surface area (Å²) in [6.07, 6.45) is 1.24. The van der Waals surface area contributed by atoms with Crippen molar-refractivity contribution >= 4 is 11.9 Å². The van der Waals surface area contributed by atoms with Crippen LogP contribution in [0.1, 0.15) is 75.2 Å². The van der Waals surface area contributed by atoms with Crippen LogP contribution in [0.3, 0.4) is 0 Å². The minimum Gasteiger partial charge on any atom is -0.481 e. The van der Waals surface area contributed by atoms with Crippen LogP contribution in [0.5, 0.6) is 0 Å². The third-order valence-corrected chi connectivity index (χ3v) is 5.11. The molecular formula is C19H37NO3. The number of hydrogen-bond donors (Lipinski definition) is 2. The van der Waals surface area contributed by atoms with Gasteiger partial charge in [-0.1, -0.05) is 62.3 Å². The minimum atomic E-state index is -0.774. The highest BCUT2D eigenvalue weighted by Crippen LogP contribution is 2.45. The zero-order chi connectivity index (χ0) is 18.8. The van der Waals surface area contributed by atoms with Crippen molar-refractivity contribution < 1.29 is 14.7 Å². The molecule has 3 atom stereocenters. The van der Waals surface area contributed by atoms with Crippen molar-refractivity contribution in [3.63, 3.8) is 0 Å². The van der Waals surface area contributed by atoms with Gasteiger partial charge in [-0.05, 0) is 35.0 Å². The van der Waals surface area contributed by atoms with Crippen LogP contribution in [0.4, 0.5) is 0 Å². The molecule has 0 saturated heterocycles. The van der Waals surface area contributed by atoms with E-state index in [1.165, 1.54) is 0 Å². The molecule has 23 heavy (non-hydrogen) atoms. The summed E-state index contributed by atoms with van der Waals surface area (Å²) >= 11 is 0. The molecule has 3 N–H and O–H groups in total. The first-order valence-corrected chi connectivity index (χ1v) is 8.51. The molecule has 136 valence electrons. The van der Waals surface area contributed by atoms with Crippen LogP contribution < -0.4 is 5.73 Å². The van der Waals surface area contributed by atoms with Gasteiger partial charge in [0.15, 0.2) is 0 Å². The molecule has 3 unspecified atom stereocenters. The second-order valence-corrected chi connectivity index (χ2v) is 10.0. The van der Waals surface area contributed by atoms with Crippen molar-refractivity contribution in [2.24, 2.45) is 39.7 Å². The van der Waals surface area contributed by atoms with E-state index in [4.69, 9.17) is 5.73 Å². The molecule has 0 aromatic rings. The summed E-state index contributed by atoms with van der Waals surface area (Å²) in [5, 5.41) is 9.60. The molecule has 0 aliphatic heterocycles. The molecule has 4 nitrogen and oxygen atoms in total. The quantitative estimate of drug-likeness (QED) is 0.730. The fourth-order valence-electron chi connectivity index (χ4n) is 3.20.